The van der Waals surface area contributed by atoms with Gasteiger partial charge in [-0.3, -0.25) is 9.78 Å². The largest absolute Gasteiger partial charge is 0.438 e. The van der Waals surface area contributed by atoms with E-state index in [2.05, 4.69) is 25.9 Å². The van der Waals surface area contributed by atoms with E-state index < -0.39 is 24.2 Å². The molecule has 0 radical (unpaired) electrons. The second kappa shape index (κ2) is 13.9. The Morgan fingerprint density at radius 2 is 1.73 bits per heavy atom. The molecule has 2 aromatic carbocycles. The number of aliphatic hydroxyl groups is 1. The number of nitrogens with zero attached hydrogens (tertiary/aromatic N) is 2. The van der Waals surface area contributed by atoms with E-state index in [1.54, 1.807) is 30.6 Å². The highest BCUT2D eigenvalue weighted by Crippen LogP contribution is 2.28. The third-order valence-corrected chi connectivity index (χ3v) is 7.69. The van der Waals surface area contributed by atoms with E-state index in [0.29, 0.717) is 42.0 Å². The molecular weight excluding hydrogens is 518 g/mol. The van der Waals surface area contributed by atoms with E-state index in [9.17, 15) is 14.7 Å². The molecule has 0 bridgehead atoms. The highest BCUT2D eigenvalue weighted by Gasteiger charge is 2.32. The van der Waals surface area contributed by atoms with E-state index >= 15 is 0 Å². The fourth-order valence-electron chi connectivity index (χ4n) is 5.50. The Morgan fingerprint density at radius 1 is 0.951 bits per heavy atom. The Kier molecular flexibility index (Phi) is 9.59. The number of amides is 3. The molecule has 1 aliphatic carbocycles. The minimum Gasteiger partial charge on any atom is -0.438 e. The molecule has 4 aromatic rings. The molecule has 1 aliphatic rings. The first kappa shape index (κ1) is 28.3. The minimum absolute atomic E-state index is 0.149. The smallest absolute Gasteiger partial charge is 0.319 e. The number of rotatable bonds is 11. The number of hydrogen-bond acceptors (Lipinski definition) is 6. The van der Waals surface area contributed by atoms with Crippen LogP contribution in [0.25, 0.3) is 11.1 Å². The van der Waals surface area contributed by atoms with Crippen LogP contribution >= 0.6 is 0 Å². The summed E-state index contributed by atoms with van der Waals surface area (Å²) in [5.41, 5.74) is 2.83. The van der Waals surface area contributed by atoms with Gasteiger partial charge in [0, 0.05) is 6.20 Å². The van der Waals surface area contributed by atoms with Gasteiger partial charge in [0.1, 0.15) is 11.6 Å². The molecule has 1 fully saturated rings. The van der Waals surface area contributed by atoms with E-state index in [4.69, 9.17) is 4.42 Å². The van der Waals surface area contributed by atoms with Crippen molar-refractivity contribution in [3.05, 3.63) is 90.6 Å². The molecule has 4 N–H and O–H groups in total. The lowest BCUT2D eigenvalue weighted by Gasteiger charge is -2.29. The first-order valence-electron chi connectivity index (χ1n) is 14.4. The van der Waals surface area contributed by atoms with Crippen LogP contribution in [0.1, 0.15) is 62.5 Å². The van der Waals surface area contributed by atoms with Crippen molar-refractivity contribution in [3.8, 4) is 0 Å². The number of aliphatic hydroxyl groups excluding tert-OH is 1. The Balaban J connectivity index is 1.34. The van der Waals surface area contributed by atoms with Crippen LogP contribution in [0.3, 0.4) is 0 Å². The van der Waals surface area contributed by atoms with E-state index in [1.807, 2.05) is 48.5 Å². The molecular formula is C32H37N5O4. The Bertz CT molecular complexity index is 1370. The number of urea groups is 1. The molecule has 5 rings (SSSR count). The number of nitrogens with one attached hydrogen (secondary N) is 3. The van der Waals surface area contributed by atoms with Gasteiger partial charge >= 0.3 is 6.03 Å². The van der Waals surface area contributed by atoms with Crippen LogP contribution in [0.2, 0.25) is 0 Å². The summed E-state index contributed by atoms with van der Waals surface area (Å²) in [4.78, 5) is 35.2. The number of fused-ring (bicyclic) bond motifs is 1. The minimum atomic E-state index is -1.17. The van der Waals surface area contributed by atoms with Gasteiger partial charge in [-0.25, -0.2) is 9.78 Å². The molecule has 41 heavy (non-hydrogen) atoms. The van der Waals surface area contributed by atoms with Crippen molar-refractivity contribution in [1.82, 2.24) is 20.6 Å². The van der Waals surface area contributed by atoms with Crippen molar-refractivity contribution in [2.75, 3.05) is 5.32 Å². The Morgan fingerprint density at radius 3 is 2.49 bits per heavy atom. The van der Waals surface area contributed by atoms with Crippen LogP contribution < -0.4 is 16.0 Å². The van der Waals surface area contributed by atoms with Crippen LogP contribution in [0, 0.1) is 5.92 Å². The maximum atomic E-state index is 13.8. The highest BCUT2D eigenvalue weighted by molar-refractivity contribution is 5.93. The zero-order valence-electron chi connectivity index (χ0n) is 23.0. The van der Waals surface area contributed by atoms with Crippen LogP contribution in [-0.2, 0) is 11.2 Å². The van der Waals surface area contributed by atoms with Gasteiger partial charge in [-0.1, -0.05) is 74.6 Å². The summed E-state index contributed by atoms with van der Waals surface area (Å²) >= 11 is 0. The number of aryl methyl sites for hydroxylation is 1. The van der Waals surface area contributed by atoms with Gasteiger partial charge < -0.3 is 25.5 Å². The van der Waals surface area contributed by atoms with Gasteiger partial charge in [-0.15, -0.1) is 0 Å². The van der Waals surface area contributed by atoms with Gasteiger partial charge in [0.25, 0.3) is 0 Å². The fraction of sp³-hybridized carbons (Fsp3) is 0.375. The number of aromatic nitrogens is 2. The monoisotopic (exact) mass is 555 g/mol. The van der Waals surface area contributed by atoms with Crippen LogP contribution in [0.15, 0.2) is 83.5 Å². The second-order valence-corrected chi connectivity index (χ2v) is 10.7. The summed E-state index contributed by atoms with van der Waals surface area (Å²) in [5.74, 6) is 0.142. The fourth-order valence-corrected chi connectivity index (χ4v) is 5.50. The maximum Gasteiger partial charge on any atom is 0.319 e. The molecule has 2 heterocycles. The number of para-hydroxylation sites is 2. The summed E-state index contributed by atoms with van der Waals surface area (Å²) in [6.45, 7) is 0. The van der Waals surface area contributed by atoms with Crippen molar-refractivity contribution < 1.29 is 19.1 Å². The normalized spacial score (nSPS) is 16.0. The predicted molar refractivity (Wildman–Crippen MR) is 157 cm³/mol. The van der Waals surface area contributed by atoms with Crippen molar-refractivity contribution >= 4 is 28.7 Å². The molecule has 3 amide bonds. The zero-order valence-corrected chi connectivity index (χ0v) is 23.0. The topological polar surface area (TPSA) is 129 Å². The number of benzene rings is 2. The number of anilines is 1. The molecule has 1 unspecified atom stereocenters. The van der Waals surface area contributed by atoms with E-state index in [-0.39, 0.29) is 11.8 Å². The third-order valence-electron chi connectivity index (χ3n) is 7.69. The van der Waals surface area contributed by atoms with E-state index in [0.717, 1.165) is 31.2 Å². The lowest BCUT2D eigenvalue weighted by Crippen LogP contribution is -2.52. The highest BCUT2D eigenvalue weighted by atomic mass is 16.4. The maximum absolute atomic E-state index is 13.8. The second-order valence-electron chi connectivity index (χ2n) is 10.7. The molecule has 214 valence electrons. The SMILES string of the molecule is O=C(Nc1cccnc1)N[C@@H](CC1CCCCC1)C(=O)N[C@@H](CCc1ccccc1)C(O)c1nc2ccccc2o1. The lowest BCUT2D eigenvalue weighted by molar-refractivity contribution is -0.125. The molecule has 0 spiro atoms. The van der Waals surface area contributed by atoms with Gasteiger partial charge in [0.15, 0.2) is 11.7 Å². The molecule has 1 saturated carbocycles. The number of oxazole rings is 1. The van der Waals surface area contributed by atoms with E-state index in [1.165, 1.54) is 6.42 Å². The molecule has 0 aliphatic heterocycles. The number of carbonyl (C=O) groups is 2. The standard InChI is InChI=1S/C32H37N5O4/c38-29(31-36-25-15-7-8-16-28(25)41-31)26(18-17-22-10-3-1-4-11-22)35-30(39)27(20-23-12-5-2-6-13-23)37-32(40)34-24-14-9-19-33-21-24/h1,3-4,7-11,14-16,19,21,23,26-27,29,38H,2,5-6,12-13,17-18,20H2,(H,35,39)(H2,34,37,40)/t26-,27-,29?/m0/s1. The molecule has 9 heteroatoms. The number of pyridine rings is 1. The zero-order chi connectivity index (χ0) is 28.4. The number of carbonyl (C=O) groups excluding carboxylic acids is 2. The number of hydrogen-bond donors (Lipinski definition) is 4. The summed E-state index contributed by atoms with van der Waals surface area (Å²) in [5, 5.41) is 20.1. The van der Waals surface area contributed by atoms with Crippen molar-refractivity contribution in [3.63, 3.8) is 0 Å². The summed E-state index contributed by atoms with van der Waals surface area (Å²) < 4.78 is 5.86. The van der Waals surface area contributed by atoms with Crippen LogP contribution in [-0.4, -0.2) is 39.1 Å². The third kappa shape index (κ3) is 7.91. The van der Waals surface area contributed by atoms with Crippen LogP contribution in [0.5, 0.6) is 0 Å². The van der Waals surface area contributed by atoms with Gasteiger partial charge in [0.05, 0.1) is 17.9 Å². The Labute approximate surface area is 239 Å². The van der Waals surface area contributed by atoms with Crippen LogP contribution in [0.4, 0.5) is 10.5 Å². The van der Waals surface area contributed by atoms with Crippen molar-refractivity contribution in [1.29, 1.82) is 0 Å². The van der Waals surface area contributed by atoms with Crippen molar-refractivity contribution in [2.24, 2.45) is 5.92 Å². The quantitative estimate of drug-likeness (QED) is 0.192. The Hall–Kier alpha value is -4.24. The van der Waals surface area contributed by atoms with Gasteiger partial charge in [0.2, 0.25) is 11.8 Å². The lowest BCUT2D eigenvalue weighted by atomic mass is 9.84. The summed E-state index contributed by atoms with van der Waals surface area (Å²) in [6.07, 6.45) is 9.10. The van der Waals surface area contributed by atoms with Gasteiger partial charge in [-0.05, 0) is 55.0 Å². The molecule has 0 saturated heterocycles. The average Bonchev–Trinajstić information content (AvgIpc) is 3.44. The first-order chi connectivity index (χ1) is 20.0. The van der Waals surface area contributed by atoms with Gasteiger partial charge in [-0.2, -0.15) is 0 Å². The van der Waals surface area contributed by atoms with Crippen molar-refractivity contribution in [2.45, 2.75) is 69.6 Å². The predicted octanol–water partition coefficient (Wildman–Crippen LogP) is 5.53. The first-order valence-corrected chi connectivity index (χ1v) is 14.4. The summed E-state index contributed by atoms with van der Waals surface area (Å²) in [7, 11) is 0. The molecule has 3 atom stereocenters. The molecule has 2 aromatic heterocycles. The molecule has 9 nitrogen and oxygen atoms in total. The summed E-state index contributed by atoms with van der Waals surface area (Å²) in [6, 6.07) is 18.7. The average molecular weight is 556 g/mol.